The van der Waals surface area contributed by atoms with Crippen molar-refractivity contribution in [1.82, 2.24) is 19.6 Å². The van der Waals surface area contributed by atoms with E-state index < -0.39 is 11.7 Å². The maximum Gasteiger partial charge on any atom is 0.257 e. The van der Waals surface area contributed by atoms with Gasteiger partial charge < -0.3 is 10.6 Å². The Morgan fingerprint density at radius 2 is 1.57 bits per heavy atom. The summed E-state index contributed by atoms with van der Waals surface area (Å²) in [6.07, 6.45) is 4.14. The molecule has 2 aliphatic heterocycles. The van der Waals surface area contributed by atoms with Crippen LogP contribution in [-0.4, -0.2) is 57.6 Å². The number of halogens is 2. The number of nitrogens with zero attached hydrogens (tertiary/aromatic N) is 4. The van der Waals surface area contributed by atoms with Crippen LogP contribution in [0.4, 0.5) is 8.78 Å². The van der Waals surface area contributed by atoms with E-state index in [4.69, 9.17) is 5.73 Å². The summed E-state index contributed by atoms with van der Waals surface area (Å²) in [4.78, 5) is 29.7. The van der Waals surface area contributed by atoms with Crippen LogP contribution < -0.4 is 5.73 Å². The lowest BCUT2D eigenvalue weighted by atomic mass is 9.90. The summed E-state index contributed by atoms with van der Waals surface area (Å²) in [5, 5.41) is 4.64. The monoisotopic (exact) mass is 569 g/mol. The van der Waals surface area contributed by atoms with Gasteiger partial charge >= 0.3 is 0 Å². The van der Waals surface area contributed by atoms with Crippen LogP contribution in [0.1, 0.15) is 68.6 Å². The first-order valence-corrected chi connectivity index (χ1v) is 14.4. The zero-order valence-electron chi connectivity index (χ0n) is 23.3. The second-order valence-electron chi connectivity index (χ2n) is 11.2. The van der Waals surface area contributed by atoms with E-state index in [2.05, 4.69) is 22.1 Å². The van der Waals surface area contributed by atoms with E-state index in [0.29, 0.717) is 36.8 Å². The van der Waals surface area contributed by atoms with Gasteiger partial charge in [-0.1, -0.05) is 36.4 Å². The summed E-state index contributed by atoms with van der Waals surface area (Å²) in [6.45, 7) is 3.40. The highest BCUT2D eigenvalue weighted by atomic mass is 19.1. The van der Waals surface area contributed by atoms with Gasteiger partial charge in [0.25, 0.3) is 11.8 Å². The highest BCUT2D eigenvalue weighted by molar-refractivity contribution is 5.96. The molecule has 1 atom stereocenters. The molecule has 4 aromatic rings. The molecule has 0 bridgehead atoms. The van der Waals surface area contributed by atoms with Crippen LogP contribution in [0.15, 0.2) is 79.0 Å². The minimum atomic E-state index is -0.785. The van der Waals surface area contributed by atoms with E-state index >= 15 is 0 Å². The quantitative estimate of drug-likeness (QED) is 0.329. The standard InChI is InChI=1S/C33H33F2N5O2/c34-26-7-9-27(10-8-26)40-31(24-12-15-38(16-13-24)20-22-6-11-30(35)28(18-22)32(36)41)29(19-37-40)33(42)39-17-14-25(21-39)23-4-2-1-3-5-23/h1-11,18-19,24-25H,12-17,20-21H2,(H2,36,41). The Kier molecular flexibility index (Phi) is 7.84. The molecule has 0 spiro atoms. The third-order valence-electron chi connectivity index (χ3n) is 8.53. The van der Waals surface area contributed by atoms with Crippen LogP contribution in [0.5, 0.6) is 0 Å². The molecule has 2 saturated heterocycles. The summed E-state index contributed by atoms with van der Waals surface area (Å²) in [5.41, 5.74) is 9.44. The van der Waals surface area contributed by atoms with Gasteiger partial charge in [-0.2, -0.15) is 5.10 Å². The SMILES string of the molecule is NC(=O)c1cc(CN2CCC(c3c(C(=O)N4CCC(c5ccccc5)C4)cnn3-c3ccc(F)cc3)CC2)ccc1F. The highest BCUT2D eigenvalue weighted by Crippen LogP contribution is 2.35. The predicted molar refractivity (Wildman–Crippen MR) is 155 cm³/mol. The number of aromatic nitrogens is 2. The molecule has 216 valence electrons. The van der Waals surface area contributed by atoms with Gasteiger partial charge in [0.2, 0.25) is 0 Å². The molecule has 42 heavy (non-hydrogen) atoms. The smallest absolute Gasteiger partial charge is 0.257 e. The number of hydrogen-bond donors (Lipinski definition) is 1. The van der Waals surface area contributed by atoms with Crippen LogP contribution >= 0.6 is 0 Å². The van der Waals surface area contributed by atoms with Crippen molar-refractivity contribution in [3.05, 3.63) is 119 Å². The lowest BCUT2D eigenvalue weighted by molar-refractivity contribution is 0.0787. The average Bonchev–Trinajstić information content (AvgIpc) is 3.68. The van der Waals surface area contributed by atoms with Crippen LogP contribution in [0, 0.1) is 11.6 Å². The number of piperidine rings is 1. The molecule has 3 heterocycles. The van der Waals surface area contributed by atoms with E-state index in [0.717, 1.165) is 43.6 Å². The fourth-order valence-electron chi connectivity index (χ4n) is 6.30. The molecule has 3 aromatic carbocycles. The van der Waals surface area contributed by atoms with Crippen LogP contribution in [0.2, 0.25) is 0 Å². The van der Waals surface area contributed by atoms with Gasteiger partial charge in [0.05, 0.1) is 28.7 Å². The summed E-state index contributed by atoms with van der Waals surface area (Å²) < 4.78 is 29.5. The summed E-state index contributed by atoms with van der Waals surface area (Å²) in [6, 6.07) is 20.9. The van der Waals surface area contributed by atoms with E-state index in [1.165, 1.54) is 29.8 Å². The first kappa shape index (κ1) is 27.8. The molecule has 2 N–H and O–H groups in total. The van der Waals surface area contributed by atoms with E-state index in [1.807, 2.05) is 23.1 Å². The Labute approximate surface area is 243 Å². The fraction of sp³-hybridized carbons (Fsp3) is 0.303. The Hall–Kier alpha value is -4.37. The maximum absolute atomic E-state index is 14.0. The van der Waals surface area contributed by atoms with Crippen LogP contribution in [-0.2, 0) is 6.54 Å². The highest BCUT2D eigenvalue weighted by Gasteiger charge is 2.34. The minimum Gasteiger partial charge on any atom is -0.366 e. The number of hydrogen-bond acceptors (Lipinski definition) is 4. The summed E-state index contributed by atoms with van der Waals surface area (Å²) >= 11 is 0. The zero-order valence-corrected chi connectivity index (χ0v) is 23.3. The molecule has 2 aliphatic rings. The average molecular weight is 570 g/mol. The summed E-state index contributed by atoms with van der Waals surface area (Å²) in [5.74, 6) is -1.40. The van der Waals surface area contributed by atoms with E-state index in [1.54, 1.807) is 29.1 Å². The van der Waals surface area contributed by atoms with Gasteiger partial charge in [-0.25, -0.2) is 13.5 Å². The number of nitrogens with two attached hydrogens (primary N) is 1. The predicted octanol–water partition coefficient (Wildman–Crippen LogP) is 5.26. The first-order chi connectivity index (χ1) is 20.4. The first-order valence-electron chi connectivity index (χ1n) is 14.4. The molecule has 2 amide bonds. The van der Waals surface area contributed by atoms with Gasteiger partial charge in [-0.15, -0.1) is 0 Å². The molecule has 6 rings (SSSR count). The van der Waals surface area contributed by atoms with Crippen molar-refractivity contribution >= 4 is 11.8 Å². The minimum absolute atomic E-state index is 0.0236. The Morgan fingerprint density at radius 1 is 0.857 bits per heavy atom. The number of rotatable bonds is 7. The number of carbonyl (C=O) groups excluding carboxylic acids is 2. The number of likely N-dealkylation sites (tertiary alicyclic amines) is 2. The van der Waals surface area contributed by atoms with Gasteiger partial charge in [-0.3, -0.25) is 14.5 Å². The van der Waals surface area contributed by atoms with Gasteiger partial charge in [0, 0.05) is 31.5 Å². The third-order valence-corrected chi connectivity index (χ3v) is 8.53. The molecule has 9 heteroatoms. The fourth-order valence-corrected chi connectivity index (χ4v) is 6.30. The van der Waals surface area contributed by atoms with E-state index in [9.17, 15) is 18.4 Å². The van der Waals surface area contributed by atoms with Crippen molar-refractivity contribution < 1.29 is 18.4 Å². The van der Waals surface area contributed by atoms with Crippen molar-refractivity contribution in [1.29, 1.82) is 0 Å². The second-order valence-corrected chi connectivity index (χ2v) is 11.2. The molecule has 7 nitrogen and oxygen atoms in total. The van der Waals surface area contributed by atoms with Crippen LogP contribution in [0.25, 0.3) is 5.69 Å². The molecule has 0 aliphatic carbocycles. The third kappa shape index (κ3) is 5.69. The Balaban J connectivity index is 1.22. The zero-order chi connectivity index (χ0) is 29.2. The van der Waals surface area contributed by atoms with E-state index in [-0.39, 0.29) is 23.2 Å². The van der Waals surface area contributed by atoms with Crippen molar-refractivity contribution in [2.75, 3.05) is 26.2 Å². The maximum atomic E-state index is 14.0. The topological polar surface area (TPSA) is 84.5 Å². The molecular weight excluding hydrogens is 536 g/mol. The number of carbonyl (C=O) groups is 2. The summed E-state index contributed by atoms with van der Waals surface area (Å²) in [7, 11) is 0. The lowest BCUT2D eigenvalue weighted by Crippen LogP contribution is -2.34. The largest absolute Gasteiger partial charge is 0.366 e. The number of benzene rings is 3. The van der Waals surface area contributed by atoms with Gasteiger partial charge in [0.15, 0.2) is 0 Å². The molecule has 0 radical (unpaired) electrons. The van der Waals surface area contributed by atoms with Crippen LogP contribution in [0.3, 0.4) is 0 Å². The van der Waals surface area contributed by atoms with Crippen molar-refractivity contribution in [3.63, 3.8) is 0 Å². The molecule has 2 fully saturated rings. The lowest BCUT2D eigenvalue weighted by Gasteiger charge is -2.33. The van der Waals surface area contributed by atoms with Crippen molar-refractivity contribution in [3.8, 4) is 5.69 Å². The van der Waals surface area contributed by atoms with Gasteiger partial charge in [0.1, 0.15) is 11.6 Å². The second kappa shape index (κ2) is 11.9. The van der Waals surface area contributed by atoms with Gasteiger partial charge in [-0.05, 0) is 79.9 Å². The van der Waals surface area contributed by atoms with Crippen molar-refractivity contribution in [2.45, 2.75) is 37.6 Å². The number of primary amides is 1. The normalized spacial score (nSPS) is 18.0. The molecular formula is C33H33F2N5O2. The Bertz CT molecular complexity index is 1580. The molecule has 0 saturated carbocycles. The molecule has 1 aromatic heterocycles. The van der Waals surface area contributed by atoms with Crippen molar-refractivity contribution in [2.24, 2.45) is 5.73 Å². The number of amides is 2. The molecule has 1 unspecified atom stereocenters. The Morgan fingerprint density at radius 3 is 2.29 bits per heavy atom.